The van der Waals surface area contributed by atoms with Crippen LogP contribution in [0.25, 0.3) is 0 Å². The van der Waals surface area contributed by atoms with Crippen LogP contribution < -0.4 is 5.32 Å². The Morgan fingerprint density at radius 1 is 1.64 bits per heavy atom. The molecule has 1 aliphatic heterocycles. The molecule has 1 aromatic heterocycles. The van der Waals surface area contributed by atoms with Gasteiger partial charge in [0.25, 0.3) is 0 Å². The maximum absolute atomic E-state index is 10.6. The second-order valence-corrected chi connectivity index (χ2v) is 3.11. The van der Waals surface area contributed by atoms with Crippen LogP contribution in [-0.2, 0) is 4.74 Å². The Kier molecular flexibility index (Phi) is 2.32. The van der Waals surface area contributed by atoms with Gasteiger partial charge in [-0.2, -0.15) is 0 Å². The molecule has 0 amide bonds. The monoisotopic (exact) mass is 194 g/mol. The van der Waals surface area contributed by atoms with Crippen molar-refractivity contribution < 1.29 is 14.6 Å². The van der Waals surface area contributed by atoms with Gasteiger partial charge < -0.3 is 15.2 Å². The number of aromatic carboxylic acids is 1. The van der Waals surface area contributed by atoms with Gasteiger partial charge in [-0.1, -0.05) is 0 Å². The van der Waals surface area contributed by atoms with Crippen LogP contribution in [0.1, 0.15) is 10.4 Å². The fourth-order valence-corrected chi connectivity index (χ4v) is 1.17. The summed E-state index contributed by atoms with van der Waals surface area (Å²) >= 11 is 0. The molecule has 0 spiro atoms. The quantitative estimate of drug-likeness (QED) is 0.736. The van der Waals surface area contributed by atoms with Crippen molar-refractivity contribution in [2.75, 3.05) is 18.5 Å². The Bertz CT molecular complexity index is 350. The fourth-order valence-electron chi connectivity index (χ4n) is 1.17. The lowest BCUT2D eigenvalue weighted by Crippen LogP contribution is -2.40. The smallest absolute Gasteiger partial charge is 0.335 e. The van der Waals surface area contributed by atoms with E-state index in [0.29, 0.717) is 19.0 Å². The average molecular weight is 194 g/mol. The largest absolute Gasteiger partial charge is 0.478 e. The second kappa shape index (κ2) is 3.63. The molecule has 0 aromatic carbocycles. The van der Waals surface area contributed by atoms with Crippen LogP contribution in [0.3, 0.4) is 0 Å². The summed E-state index contributed by atoms with van der Waals surface area (Å²) in [5.41, 5.74) is 0.239. The van der Waals surface area contributed by atoms with E-state index >= 15 is 0 Å². The van der Waals surface area contributed by atoms with Gasteiger partial charge in [0.15, 0.2) is 0 Å². The van der Waals surface area contributed by atoms with Gasteiger partial charge in [0, 0.05) is 6.20 Å². The first-order valence-electron chi connectivity index (χ1n) is 4.29. The third kappa shape index (κ3) is 1.82. The van der Waals surface area contributed by atoms with E-state index < -0.39 is 5.97 Å². The van der Waals surface area contributed by atoms with E-state index in [1.165, 1.54) is 18.3 Å². The van der Waals surface area contributed by atoms with Crippen molar-refractivity contribution in [2.24, 2.45) is 0 Å². The Labute approximate surface area is 80.7 Å². The number of carboxylic acid groups (broad SMARTS) is 1. The van der Waals surface area contributed by atoms with Crippen molar-refractivity contribution in [3.63, 3.8) is 0 Å². The SMILES string of the molecule is O=C(O)c1ccnc(NC2COC2)c1. The zero-order valence-corrected chi connectivity index (χ0v) is 7.43. The number of nitrogens with one attached hydrogen (secondary N) is 1. The lowest BCUT2D eigenvalue weighted by atomic mass is 10.2. The molecule has 2 rings (SSSR count). The molecule has 0 bridgehead atoms. The number of anilines is 1. The van der Waals surface area contributed by atoms with Crippen LogP contribution in [0, 0.1) is 0 Å². The van der Waals surface area contributed by atoms with E-state index in [2.05, 4.69) is 10.3 Å². The number of nitrogens with zero attached hydrogens (tertiary/aromatic N) is 1. The van der Waals surface area contributed by atoms with Crippen LogP contribution in [-0.4, -0.2) is 35.3 Å². The van der Waals surface area contributed by atoms with Gasteiger partial charge in [-0.3, -0.25) is 0 Å². The van der Waals surface area contributed by atoms with E-state index in [0.717, 1.165) is 0 Å². The summed E-state index contributed by atoms with van der Waals surface area (Å²) in [6, 6.07) is 3.23. The van der Waals surface area contributed by atoms with Crippen LogP contribution in [0.2, 0.25) is 0 Å². The topological polar surface area (TPSA) is 71.5 Å². The minimum absolute atomic E-state index is 0.239. The summed E-state index contributed by atoms with van der Waals surface area (Å²) in [6.45, 7) is 1.30. The lowest BCUT2D eigenvalue weighted by Gasteiger charge is -2.27. The molecule has 14 heavy (non-hydrogen) atoms. The zero-order chi connectivity index (χ0) is 9.97. The molecule has 1 saturated heterocycles. The van der Waals surface area contributed by atoms with E-state index in [-0.39, 0.29) is 11.6 Å². The van der Waals surface area contributed by atoms with Crippen molar-refractivity contribution >= 4 is 11.8 Å². The number of aromatic nitrogens is 1. The molecule has 2 N–H and O–H groups in total. The molecule has 0 radical (unpaired) electrons. The minimum Gasteiger partial charge on any atom is -0.478 e. The van der Waals surface area contributed by atoms with Crippen molar-refractivity contribution in [3.8, 4) is 0 Å². The molecule has 74 valence electrons. The number of hydrogen-bond acceptors (Lipinski definition) is 4. The first-order chi connectivity index (χ1) is 6.75. The van der Waals surface area contributed by atoms with Gasteiger partial charge >= 0.3 is 5.97 Å². The van der Waals surface area contributed by atoms with E-state index in [1.807, 2.05) is 0 Å². The van der Waals surface area contributed by atoms with Gasteiger partial charge in [-0.05, 0) is 12.1 Å². The third-order valence-electron chi connectivity index (χ3n) is 2.00. The van der Waals surface area contributed by atoms with E-state index in [4.69, 9.17) is 9.84 Å². The van der Waals surface area contributed by atoms with E-state index in [9.17, 15) is 4.79 Å². The molecule has 1 aromatic rings. The van der Waals surface area contributed by atoms with Crippen LogP contribution >= 0.6 is 0 Å². The maximum Gasteiger partial charge on any atom is 0.335 e. The molecule has 1 fully saturated rings. The molecule has 5 heteroatoms. The first kappa shape index (κ1) is 8.96. The van der Waals surface area contributed by atoms with Crippen molar-refractivity contribution in [1.29, 1.82) is 0 Å². The average Bonchev–Trinajstić information content (AvgIpc) is 2.12. The summed E-state index contributed by atoms with van der Waals surface area (Å²) in [7, 11) is 0. The van der Waals surface area contributed by atoms with Gasteiger partial charge in [-0.15, -0.1) is 0 Å². The summed E-state index contributed by atoms with van der Waals surface area (Å²) in [5.74, 6) is -0.362. The molecule has 0 aliphatic carbocycles. The molecule has 0 unspecified atom stereocenters. The second-order valence-electron chi connectivity index (χ2n) is 3.11. The molecular weight excluding hydrogens is 184 g/mol. The fraction of sp³-hybridized carbons (Fsp3) is 0.333. The first-order valence-corrected chi connectivity index (χ1v) is 4.29. The van der Waals surface area contributed by atoms with Crippen LogP contribution in [0.4, 0.5) is 5.82 Å². The number of carbonyl (C=O) groups is 1. The van der Waals surface area contributed by atoms with Gasteiger partial charge in [0.05, 0.1) is 24.8 Å². The summed E-state index contributed by atoms with van der Waals surface area (Å²) in [6.07, 6.45) is 1.48. The summed E-state index contributed by atoms with van der Waals surface area (Å²) in [4.78, 5) is 14.7. The Morgan fingerprint density at radius 3 is 3.00 bits per heavy atom. The van der Waals surface area contributed by atoms with Crippen molar-refractivity contribution in [1.82, 2.24) is 4.98 Å². The third-order valence-corrected chi connectivity index (χ3v) is 2.00. The predicted molar refractivity (Wildman–Crippen MR) is 49.4 cm³/mol. The normalized spacial score (nSPS) is 16.0. The highest BCUT2D eigenvalue weighted by Gasteiger charge is 2.18. The molecule has 2 heterocycles. The lowest BCUT2D eigenvalue weighted by molar-refractivity contribution is 0.0209. The highest BCUT2D eigenvalue weighted by molar-refractivity contribution is 5.88. The van der Waals surface area contributed by atoms with Gasteiger partial charge in [-0.25, -0.2) is 9.78 Å². The van der Waals surface area contributed by atoms with Crippen LogP contribution in [0.5, 0.6) is 0 Å². The number of pyridine rings is 1. The molecule has 0 saturated carbocycles. The van der Waals surface area contributed by atoms with Gasteiger partial charge in [0.1, 0.15) is 5.82 Å². The number of carboxylic acids is 1. The highest BCUT2D eigenvalue weighted by atomic mass is 16.5. The molecule has 1 aliphatic rings. The maximum atomic E-state index is 10.6. The highest BCUT2D eigenvalue weighted by Crippen LogP contribution is 2.11. The Morgan fingerprint density at radius 2 is 2.43 bits per heavy atom. The zero-order valence-electron chi connectivity index (χ0n) is 7.43. The summed E-state index contributed by atoms with van der Waals surface area (Å²) < 4.78 is 4.98. The van der Waals surface area contributed by atoms with Gasteiger partial charge in [0.2, 0.25) is 0 Å². The standard InChI is InChI=1S/C9H10N2O3/c12-9(13)6-1-2-10-8(3-6)11-7-4-14-5-7/h1-3,7H,4-5H2,(H,10,11)(H,12,13). The molecular formula is C9H10N2O3. The number of rotatable bonds is 3. The Balaban J connectivity index is 2.09. The number of hydrogen-bond donors (Lipinski definition) is 2. The van der Waals surface area contributed by atoms with E-state index in [1.54, 1.807) is 0 Å². The molecule has 0 atom stereocenters. The number of ether oxygens (including phenoxy) is 1. The minimum atomic E-state index is -0.944. The van der Waals surface area contributed by atoms with Crippen molar-refractivity contribution in [3.05, 3.63) is 23.9 Å². The summed E-state index contributed by atoms with van der Waals surface area (Å²) in [5, 5.41) is 11.8. The van der Waals surface area contributed by atoms with Crippen LogP contribution in [0.15, 0.2) is 18.3 Å². The molecule has 5 nitrogen and oxygen atoms in total. The Hall–Kier alpha value is -1.62. The van der Waals surface area contributed by atoms with Crippen molar-refractivity contribution in [2.45, 2.75) is 6.04 Å². The predicted octanol–water partition coefficient (Wildman–Crippen LogP) is 0.590.